The molecule has 3 heterocycles. The molecule has 0 amide bonds. The summed E-state index contributed by atoms with van der Waals surface area (Å²) in [5.74, 6) is 0. The first-order chi connectivity index (χ1) is 7.18. The van der Waals surface area contributed by atoms with Gasteiger partial charge < -0.3 is 4.42 Å². The van der Waals surface area contributed by atoms with Gasteiger partial charge in [-0.2, -0.15) is 5.10 Å². The number of aryl methyl sites for hydroxylation is 1. The second-order valence-corrected chi connectivity index (χ2v) is 3.25. The monoisotopic (exact) mass is 203 g/mol. The Hall–Kier alpha value is -2.24. The zero-order valence-electron chi connectivity index (χ0n) is 7.72. The van der Waals surface area contributed by atoms with Crippen LogP contribution in [0.1, 0.15) is 5.69 Å². The van der Waals surface area contributed by atoms with Crippen molar-refractivity contribution in [2.45, 2.75) is 6.92 Å². The molecule has 0 bridgehead atoms. The normalized spacial score (nSPS) is 11.5. The van der Waals surface area contributed by atoms with E-state index < -0.39 is 11.3 Å². The maximum absolute atomic E-state index is 11.4. The molecule has 0 N–H and O–H groups in total. The minimum atomic E-state index is -0.724. The molecule has 3 aromatic heterocycles. The zero-order chi connectivity index (χ0) is 10.6. The van der Waals surface area contributed by atoms with Crippen molar-refractivity contribution in [3.05, 3.63) is 38.9 Å². The Kier molecular flexibility index (Phi) is 1.30. The second kappa shape index (κ2) is 2.41. The summed E-state index contributed by atoms with van der Waals surface area (Å²) in [5, 5.41) is 4.29. The molecule has 3 rings (SSSR count). The first kappa shape index (κ1) is 8.10. The first-order valence-corrected chi connectivity index (χ1v) is 4.28. The van der Waals surface area contributed by atoms with Gasteiger partial charge >= 0.3 is 11.3 Å². The van der Waals surface area contributed by atoms with Crippen LogP contribution < -0.4 is 11.3 Å². The van der Waals surface area contributed by atoms with Crippen LogP contribution in [-0.4, -0.2) is 14.6 Å². The number of rotatable bonds is 0. The van der Waals surface area contributed by atoms with Crippen molar-refractivity contribution in [1.82, 2.24) is 14.6 Å². The smallest absolute Gasteiger partial charge is 0.367 e. The van der Waals surface area contributed by atoms with Gasteiger partial charge in [0.25, 0.3) is 0 Å². The summed E-state index contributed by atoms with van der Waals surface area (Å²) < 4.78 is 6.04. The standard InChI is InChI=1S/C9H5N3O3/c1-4-2-5-7-6(9(14)15-8(5)13)10-3-11-12(4)7/h2-3H,1H3. The van der Waals surface area contributed by atoms with Crippen LogP contribution >= 0.6 is 0 Å². The van der Waals surface area contributed by atoms with Crippen LogP contribution in [0.3, 0.4) is 0 Å². The molecule has 0 unspecified atom stereocenters. The maximum atomic E-state index is 11.4. The van der Waals surface area contributed by atoms with E-state index in [4.69, 9.17) is 0 Å². The van der Waals surface area contributed by atoms with Gasteiger partial charge in [0.15, 0.2) is 5.52 Å². The van der Waals surface area contributed by atoms with E-state index in [0.29, 0.717) is 10.9 Å². The van der Waals surface area contributed by atoms with Crippen LogP contribution in [-0.2, 0) is 0 Å². The third-order valence-corrected chi connectivity index (χ3v) is 2.33. The van der Waals surface area contributed by atoms with E-state index in [1.54, 1.807) is 13.0 Å². The Balaban J connectivity index is 2.86. The van der Waals surface area contributed by atoms with Crippen molar-refractivity contribution in [3.63, 3.8) is 0 Å². The summed E-state index contributed by atoms with van der Waals surface area (Å²) in [6.45, 7) is 1.79. The lowest BCUT2D eigenvalue weighted by Gasteiger charge is -1.96. The number of nitrogens with zero attached hydrogens (tertiary/aromatic N) is 3. The molecular weight excluding hydrogens is 198 g/mol. The Morgan fingerprint density at radius 2 is 2.13 bits per heavy atom. The van der Waals surface area contributed by atoms with Gasteiger partial charge in [0.1, 0.15) is 11.8 Å². The van der Waals surface area contributed by atoms with E-state index in [-0.39, 0.29) is 5.52 Å². The fraction of sp³-hybridized carbons (Fsp3) is 0.111. The van der Waals surface area contributed by atoms with E-state index in [9.17, 15) is 9.59 Å². The van der Waals surface area contributed by atoms with Gasteiger partial charge in [0.2, 0.25) is 0 Å². The highest BCUT2D eigenvalue weighted by Crippen LogP contribution is 2.15. The van der Waals surface area contributed by atoms with E-state index in [0.717, 1.165) is 5.69 Å². The van der Waals surface area contributed by atoms with Crippen LogP contribution in [0.15, 0.2) is 26.4 Å². The lowest BCUT2D eigenvalue weighted by molar-refractivity contribution is 0.486. The fourth-order valence-corrected chi connectivity index (χ4v) is 1.69. The number of aromatic nitrogens is 3. The minimum absolute atomic E-state index is 0.132. The topological polar surface area (TPSA) is 77.5 Å². The highest BCUT2D eigenvalue weighted by molar-refractivity contribution is 5.92. The number of hydrogen-bond donors (Lipinski definition) is 0. The van der Waals surface area contributed by atoms with E-state index in [2.05, 4.69) is 14.5 Å². The van der Waals surface area contributed by atoms with Crippen molar-refractivity contribution in [1.29, 1.82) is 0 Å². The molecule has 0 atom stereocenters. The van der Waals surface area contributed by atoms with Gasteiger partial charge in [0, 0.05) is 5.69 Å². The molecule has 0 saturated carbocycles. The molecule has 0 saturated heterocycles. The van der Waals surface area contributed by atoms with Gasteiger partial charge in [0.05, 0.1) is 5.39 Å². The SMILES string of the molecule is Cc1cc2c(=O)oc(=O)c3ncnn1c23. The minimum Gasteiger partial charge on any atom is -0.384 e. The Labute approximate surface area is 82.1 Å². The summed E-state index contributed by atoms with van der Waals surface area (Å²) in [5.41, 5.74) is -0.0508. The molecular formula is C9H5N3O3. The molecule has 0 spiro atoms. The molecule has 6 heteroatoms. The molecule has 15 heavy (non-hydrogen) atoms. The predicted molar refractivity (Wildman–Crippen MR) is 51.2 cm³/mol. The summed E-state index contributed by atoms with van der Waals surface area (Å²) >= 11 is 0. The number of hydrogen-bond acceptors (Lipinski definition) is 5. The molecule has 0 aliphatic heterocycles. The van der Waals surface area contributed by atoms with Gasteiger partial charge in [-0.25, -0.2) is 19.1 Å². The summed E-state index contributed by atoms with van der Waals surface area (Å²) in [4.78, 5) is 26.5. The highest BCUT2D eigenvalue weighted by Gasteiger charge is 2.15. The van der Waals surface area contributed by atoms with Gasteiger partial charge in [-0.05, 0) is 13.0 Å². The third kappa shape index (κ3) is 0.876. The van der Waals surface area contributed by atoms with Crippen molar-refractivity contribution in [3.8, 4) is 0 Å². The third-order valence-electron chi connectivity index (χ3n) is 2.33. The maximum Gasteiger partial charge on any atom is 0.367 e. The van der Waals surface area contributed by atoms with Gasteiger partial charge in [-0.3, -0.25) is 0 Å². The lowest BCUT2D eigenvalue weighted by Crippen LogP contribution is -2.13. The molecule has 0 fully saturated rings. The van der Waals surface area contributed by atoms with Crippen LogP contribution in [0, 0.1) is 6.92 Å². The molecule has 0 radical (unpaired) electrons. The molecule has 3 aromatic rings. The average Bonchev–Trinajstić information content (AvgIpc) is 2.55. The highest BCUT2D eigenvalue weighted by atomic mass is 16.4. The summed E-state index contributed by atoms with van der Waals surface area (Å²) in [7, 11) is 0. The molecule has 0 aliphatic carbocycles. The van der Waals surface area contributed by atoms with Gasteiger partial charge in [-0.1, -0.05) is 0 Å². The van der Waals surface area contributed by atoms with E-state index in [1.165, 1.54) is 10.8 Å². The predicted octanol–water partition coefficient (Wildman–Crippen LogP) is -0.0579. The lowest BCUT2D eigenvalue weighted by atomic mass is 10.3. The molecule has 6 nitrogen and oxygen atoms in total. The van der Waals surface area contributed by atoms with Crippen molar-refractivity contribution in [2.24, 2.45) is 0 Å². The largest absolute Gasteiger partial charge is 0.384 e. The van der Waals surface area contributed by atoms with Gasteiger partial charge in [-0.15, -0.1) is 0 Å². The van der Waals surface area contributed by atoms with Crippen LogP contribution in [0.2, 0.25) is 0 Å². The van der Waals surface area contributed by atoms with Crippen LogP contribution in [0.4, 0.5) is 0 Å². The molecule has 0 aliphatic rings. The van der Waals surface area contributed by atoms with Crippen molar-refractivity contribution in [2.75, 3.05) is 0 Å². The summed E-state index contributed by atoms with van der Waals surface area (Å²) in [6, 6.07) is 1.63. The quantitative estimate of drug-likeness (QED) is 0.511. The van der Waals surface area contributed by atoms with E-state index >= 15 is 0 Å². The first-order valence-electron chi connectivity index (χ1n) is 4.28. The Morgan fingerprint density at radius 3 is 2.93 bits per heavy atom. The Bertz CT molecular complexity index is 771. The van der Waals surface area contributed by atoms with Crippen molar-refractivity contribution >= 4 is 16.4 Å². The van der Waals surface area contributed by atoms with E-state index in [1.807, 2.05) is 0 Å². The molecule has 74 valence electrons. The fourth-order valence-electron chi connectivity index (χ4n) is 1.69. The zero-order valence-corrected chi connectivity index (χ0v) is 7.72. The van der Waals surface area contributed by atoms with Crippen LogP contribution in [0.25, 0.3) is 16.4 Å². The Morgan fingerprint density at radius 1 is 1.33 bits per heavy atom. The van der Waals surface area contributed by atoms with Crippen molar-refractivity contribution < 1.29 is 4.42 Å². The molecule has 0 aromatic carbocycles. The second-order valence-electron chi connectivity index (χ2n) is 3.25. The average molecular weight is 203 g/mol. The van der Waals surface area contributed by atoms with Crippen LogP contribution in [0.5, 0.6) is 0 Å². The summed E-state index contributed by atoms with van der Waals surface area (Å²) in [6.07, 6.45) is 1.26.